The lowest BCUT2D eigenvalue weighted by Gasteiger charge is -2.12. The molecule has 2 aromatic carbocycles. The molecule has 0 amide bonds. The summed E-state index contributed by atoms with van der Waals surface area (Å²) in [5.74, 6) is -3.13. The maximum absolute atomic E-state index is 12.7. The Kier molecular flexibility index (Phi) is 10.4. The topological polar surface area (TPSA) is 161 Å². The van der Waals surface area contributed by atoms with Gasteiger partial charge in [0.05, 0.1) is 44.9 Å². The average molecular weight is 750 g/mol. The predicted octanol–water partition coefficient (Wildman–Crippen LogP) is 5.69. The van der Waals surface area contributed by atoms with Crippen LogP contribution in [0.15, 0.2) is 24.3 Å². The van der Waals surface area contributed by atoms with Gasteiger partial charge < -0.3 is 10.2 Å². The van der Waals surface area contributed by atoms with E-state index < -0.39 is 80.6 Å². The van der Waals surface area contributed by atoms with Gasteiger partial charge >= 0.3 is 24.3 Å². The Balaban J connectivity index is 0.000000360. The van der Waals surface area contributed by atoms with Gasteiger partial charge in [0.25, 0.3) is 11.4 Å². The zero-order valence-electron chi connectivity index (χ0n) is 17.0. The molecule has 10 nitrogen and oxygen atoms in total. The quantitative estimate of drug-likeness (QED) is 0.165. The number of nitro groups is 2. The van der Waals surface area contributed by atoms with E-state index >= 15 is 0 Å². The monoisotopic (exact) mass is 750 g/mol. The third-order valence-corrected chi connectivity index (χ3v) is 5.29. The Morgan fingerprint density at radius 2 is 1.00 bits per heavy atom. The van der Waals surface area contributed by atoms with Crippen molar-refractivity contribution in [3.05, 3.63) is 73.9 Å². The number of carboxylic acids is 2. The van der Waals surface area contributed by atoms with Gasteiger partial charge in [-0.2, -0.15) is 26.3 Å². The Bertz CT molecular complexity index is 1120. The van der Waals surface area contributed by atoms with Crippen LogP contribution in [0.5, 0.6) is 0 Å². The number of hydrogen-bond donors (Lipinski definition) is 2. The predicted molar refractivity (Wildman–Crippen MR) is 124 cm³/mol. The third-order valence-electron chi connectivity index (χ3n) is 4.04. The smallest absolute Gasteiger partial charge is 0.416 e. The van der Waals surface area contributed by atoms with Crippen molar-refractivity contribution < 1.29 is 56.0 Å². The fraction of sp³-hybridized carbons (Fsp3) is 0.222. The molecule has 2 N–H and O–H groups in total. The summed E-state index contributed by atoms with van der Waals surface area (Å²) in [7, 11) is 0. The Labute approximate surface area is 222 Å². The first-order valence-electron chi connectivity index (χ1n) is 8.77. The standard InChI is InChI=1S/2C9H5F3INO4/c2*10-9(11,12)6-1-4(13)2-7(14(17)18)5(6)3-8(15)16/h2*1-2H,3H2,(H,15,16). The van der Waals surface area contributed by atoms with Crippen LogP contribution in [0, 0.1) is 27.4 Å². The van der Waals surface area contributed by atoms with Crippen LogP contribution in [0.2, 0.25) is 0 Å². The highest BCUT2D eigenvalue weighted by Crippen LogP contribution is 2.39. The van der Waals surface area contributed by atoms with Crippen LogP contribution in [-0.4, -0.2) is 32.0 Å². The summed E-state index contributed by atoms with van der Waals surface area (Å²) in [6.07, 6.45) is -11.8. The first-order valence-corrected chi connectivity index (χ1v) is 10.9. The summed E-state index contributed by atoms with van der Waals surface area (Å²) in [5, 5.41) is 38.4. The number of nitro benzene ring substituents is 2. The van der Waals surface area contributed by atoms with Gasteiger partial charge in [-0.05, 0) is 57.3 Å². The Morgan fingerprint density at radius 3 is 1.19 bits per heavy atom. The van der Waals surface area contributed by atoms with Crippen LogP contribution in [0.1, 0.15) is 22.3 Å². The fourth-order valence-corrected chi connectivity index (χ4v) is 3.96. The minimum Gasteiger partial charge on any atom is -0.481 e. The number of aliphatic carboxylic acids is 2. The van der Waals surface area contributed by atoms with E-state index in [9.17, 15) is 56.2 Å². The van der Waals surface area contributed by atoms with Gasteiger partial charge in [0.1, 0.15) is 0 Å². The van der Waals surface area contributed by atoms with E-state index in [2.05, 4.69) is 0 Å². The molecule has 2 rings (SSSR count). The Morgan fingerprint density at radius 1 is 0.722 bits per heavy atom. The molecule has 0 saturated carbocycles. The lowest BCUT2D eigenvalue weighted by Crippen LogP contribution is -2.14. The average Bonchev–Trinajstić information content (AvgIpc) is 2.67. The molecule has 0 heterocycles. The molecule has 0 spiro atoms. The van der Waals surface area contributed by atoms with Gasteiger partial charge in [-0.25, -0.2) is 0 Å². The molecule has 18 heteroatoms. The fourth-order valence-electron chi connectivity index (χ4n) is 2.75. The molecule has 0 bridgehead atoms. The summed E-state index contributed by atoms with van der Waals surface area (Å²) in [4.78, 5) is 40.3. The van der Waals surface area contributed by atoms with E-state index in [0.717, 1.165) is 12.1 Å². The molecule has 36 heavy (non-hydrogen) atoms. The van der Waals surface area contributed by atoms with Crippen molar-refractivity contribution in [1.82, 2.24) is 0 Å². The molecule has 196 valence electrons. The van der Waals surface area contributed by atoms with E-state index in [1.54, 1.807) is 0 Å². The largest absolute Gasteiger partial charge is 0.481 e. The van der Waals surface area contributed by atoms with Crippen molar-refractivity contribution in [2.24, 2.45) is 0 Å². The van der Waals surface area contributed by atoms with Crippen LogP contribution < -0.4 is 0 Å². The van der Waals surface area contributed by atoms with Crippen LogP contribution in [0.25, 0.3) is 0 Å². The van der Waals surface area contributed by atoms with Crippen molar-refractivity contribution in [3.63, 3.8) is 0 Å². The van der Waals surface area contributed by atoms with Gasteiger partial charge in [0.15, 0.2) is 0 Å². The molecule has 0 saturated heterocycles. The molecule has 0 unspecified atom stereocenters. The molecule has 0 aliphatic carbocycles. The SMILES string of the molecule is O=C(O)Cc1c([N+](=O)[O-])cc(I)cc1C(F)(F)F.O=C(O)Cc1c([N+](=O)[O-])cc(I)cc1C(F)(F)F. The number of carbonyl (C=O) groups is 2. The zero-order valence-corrected chi connectivity index (χ0v) is 21.3. The summed E-state index contributed by atoms with van der Waals surface area (Å²) in [6, 6.07) is 3.19. The second-order valence-electron chi connectivity index (χ2n) is 6.55. The maximum Gasteiger partial charge on any atom is 0.416 e. The van der Waals surface area contributed by atoms with Crippen LogP contribution in [0.4, 0.5) is 37.7 Å². The van der Waals surface area contributed by atoms with Crippen molar-refractivity contribution in [2.75, 3.05) is 0 Å². The maximum atomic E-state index is 12.7. The summed E-state index contributed by atoms with van der Waals surface area (Å²) in [5.41, 5.74) is -5.92. The van der Waals surface area contributed by atoms with E-state index in [4.69, 9.17) is 10.2 Å². The molecule has 0 aromatic heterocycles. The second-order valence-corrected chi connectivity index (χ2v) is 9.04. The number of hydrogen-bond acceptors (Lipinski definition) is 6. The first kappa shape index (κ1) is 31.3. The number of carboxylic acid groups (broad SMARTS) is 2. The van der Waals surface area contributed by atoms with E-state index in [1.165, 1.54) is 45.2 Å². The first-order chi connectivity index (χ1) is 16.2. The van der Waals surface area contributed by atoms with Crippen LogP contribution >= 0.6 is 45.2 Å². The lowest BCUT2D eigenvalue weighted by atomic mass is 10.0. The molecule has 0 aliphatic rings. The molecule has 0 atom stereocenters. The number of rotatable bonds is 6. The highest BCUT2D eigenvalue weighted by atomic mass is 127. The van der Waals surface area contributed by atoms with Crippen LogP contribution in [0.3, 0.4) is 0 Å². The minimum absolute atomic E-state index is 0.0146. The minimum atomic E-state index is -4.84. The molecule has 0 radical (unpaired) electrons. The number of benzene rings is 2. The van der Waals surface area contributed by atoms with E-state index in [0.29, 0.717) is 12.1 Å². The van der Waals surface area contributed by atoms with Crippen molar-refractivity contribution in [1.29, 1.82) is 0 Å². The van der Waals surface area contributed by atoms with Crippen molar-refractivity contribution in [3.8, 4) is 0 Å². The van der Waals surface area contributed by atoms with Gasteiger partial charge in [-0.3, -0.25) is 29.8 Å². The molecular weight excluding hydrogens is 740 g/mol. The lowest BCUT2D eigenvalue weighted by molar-refractivity contribution is -0.386. The molecular formula is C18H10F6I2N2O8. The van der Waals surface area contributed by atoms with Crippen LogP contribution in [-0.2, 0) is 34.8 Å². The third kappa shape index (κ3) is 8.71. The zero-order chi connectivity index (χ0) is 28.2. The van der Waals surface area contributed by atoms with Crippen molar-refractivity contribution >= 4 is 68.5 Å². The van der Waals surface area contributed by atoms with Gasteiger partial charge in [-0.15, -0.1) is 0 Å². The van der Waals surface area contributed by atoms with Gasteiger partial charge in [0.2, 0.25) is 0 Å². The number of halogens is 8. The molecule has 0 fully saturated rings. The highest BCUT2D eigenvalue weighted by Gasteiger charge is 2.39. The Hall–Kier alpha value is -2.78. The number of alkyl halides is 6. The van der Waals surface area contributed by atoms with Gasteiger partial charge in [-0.1, -0.05) is 0 Å². The normalized spacial score (nSPS) is 11.3. The summed E-state index contributed by atoms with van der Waals surface area (Å²) >= 11 is 3.01. The molecule has 2 aromatic rings. The van der Waals surface area contributed by atoms with E-state index in [1.807, 2.05) is 0 Å². The summed E-state index contributed by atoms with van der Waals surface area (Å²) in [6.45, 7) is 0. The highest BCUT2D eigenvalue weighted by molar-refractivity contribution is 14.1. The number of nitrogens with zero attached hydrogens (tertiary/aromatic N) is 2. The van der Waals surface area contributed by atoms with E-state index in [-0.39, 0.29) is 7.14 Å². The summed E-state index contributed by atoms with van der Waals surface area (Å²) < 4.78 is 76.2. The second kappa shape index (κ2) is 12.0. The van der Waals surface area contributed by atoms with Gasteiger partial charge in [0, 0.05) is 19.3 Å². The van der Waals surface area contributed by atoms with Crippen molar-refractivity contribution in [2.45, 2.75) is 25.2 Å². The molecule has 0 aliphatic heterocycles.